The molecule has 3 rings (SSSR count). The summed E-state index contributed by atoms with van der Waals surface area (Å²) in [5.74, 6) is 0.172. The molecule has 0 atom stereocenters. The van der Waals surface area contributed by atoms with Crippen molar-refractivity contribution in [2.45, 2.75) is 31.5 Å². The molecule has 2 heterocycles. The number of benzene rings is 1. The van der Waals surface area contributed by atoms with Crippen LogP contribution in [0.5, 0.6) is 0 Å². The number of thioether (sulfide) groups is 1. The van der Waals surface area contributed by atoms with Crippen molar-refractivity contribution in [2.75, 3.05) is 12.3 Å². The molecule has 0 fully saturated rings. The van der Waals surface area contributed by atoms with E-state index in [0.29, 0.717) is 29.1 Å². The molecule has 27 heavy (non-hydrogen) atoms. The van der Waals surface area contributed by atoms with Crippen molar-refractivity contribution < 1.29 is 4.79 Å². The van der Waals surface area contributed by atoms with Crippen molar-refractivity contribution >= 4 is 28.6 Å². The molecule has 0 saturated heterocycles. The van der Waals surface area contributed by atoms with E-state index in [1.165, 1.54) is 11.8 Å². The van der Waals surface area contributed by atoms with E-state index in [9.17, 15) is 9.59 Å². The van der Waals surface area contributed by atoms with Crippen LogP contribution in [0.2, 0.25) is 0 Å². The molecule has 1 N–H and O–H groups in total. The van der Waals surface area contributed by atoms with Crippen LogP contribution in [-0.2, 0) is 11.3 Å². The molecule has 0 aliphatic carbocycles. The number of para-hydroxylation sites is 1. The summed E-state index contributed by atoms with van der Waals surface area (Å²) in [5.41, 5.74) is 1.43. The van der Waals surface area contributed by atoms with Crippen LogP contribution in [0.3, 0.4) is 0 Å². The predicted octanol–water partition coefficient (Wildman–Crippen LogP) is 2.85. The maximum atomic E-state index is 13.0. The zero-order valence-corrected chi connectivity index (χ0v) is 16.0. The third kappa shape index (κ3) is 4.95. The number of rotatable bonds is 8. The van der Waals surface area contributed by atoms with Gasteiger partial charge in [0.15, 0.2) is 5.16 Å². The Labute approximate surface area is 162 Å². The van der Waals surface area contributed by atoms with Gasteiger partial charge >= 0.3 is 0 Å². The Bertz CT molecular complexity index is 973. The second-order valence-corrected chi connectivity index (χ2v) is 7.10. The van der Waals surface area contributed by atoms with Gasteiger partial charge in [0.05, 0.1) is 23.2 Å². The fourth-order valence-corrected chi connectivity index (χ4v) is 3.49. The summed E-state index contributed by atoms with van der Waals surface area (Å²) in [6, 6.07) is 11.0. The summed E-state index contributed by atoms with van der Waals surface area (Å²) in [7, 11) is 0. The lowest BCUT2D eigenvalue weighted by atomic mass is 10.2. The summed E-state index contributed by atoms with van der Waals surface area (Å²) >= 11 is 1.28. The number of amides is 1. The molecule has 0 aliphatic heterocycles. The van der Waals surface area contributed by atoms with E-state index in [0.717, 1.165) is 18.4 Å². The SMILES string of the molecule is CCCCNC(=O)CSc1nc2ccccc2c(=O)n1Cc1cccnc1. The van der Waals surface area contributed by atoms with Crippen molar-refractivity contribution in [3.05, 3.63) is 64.7 Å². The summed E-state index contributed by atoms with van der Waals surface area (Å²) in [4.78, 5) is 33.8. The first kappa shape index (κ1) is 19.1. The molecule has 1 amide bonds. The molecule has 0 radical (unpaired) electrons. The van der Waals surface area contributed by atoms with E-state index in [1.807, 2.05) is 30.3 Å². The molecule has 0 saturated carbocycles. The predicted molar refractivity (Wildman–Crippen MR) is 108 cm³/mol. The number of carbonyl (C=O) groups excluding carboxylic acids is 1. The van der Waals surface area contributed by atoms with Crippen LogP contribution in [0.15, 0.2) is 58.7 Å². The number of hydrogen-bond donors (Lipinski definition) is 1. The van der Waals surface area contributed by atoms with E-state index in [1.54, 1.807) is 23.0 Å². The lowest BCUT2D eigenvalue weighted by Crippen LogP contribution is -2.28. The van der Waals surface area contributed by atoms with Crippen molar-refractivity contribution in [1.82, 2.24) is 19.9 Å². The molecule has 0 spiro atoms. The Hall–Kier alpha value is -2.67. The molecule has 0 unspecified atom stereocenters. The third-order valence-corrected chi connectivity index (χ3v) is 5.05. The van der Waals surface area contributed by atoms with Gasteiger partial charge in [-0.3, -0.25) is 19.1 Å². The molecular formula is C20H22N4O2S. The molecular weight excluding hydrogens is 360 g/mol. The lowest BCUT2D eigenvalue weighted by Gasteiger charge is -2.13. The van der Waals surface area contributed by atoms with Gasteiger partial charge in [0.25, 0.3) is 5.56 Å². The average Bonchev–Trinajstić information content (AvgIpc) is 2.70. The monoisotopic (exact) mass is 382 g/mol. The fraction of sp³-hybridized carbons (Fsp3) is 0.300. The second-order valence-electron chi connectivity index (χ2n) is 6.16. The number of pyridine rings is 1. The molecule has 1 aromatic carbocycles. The fourth-order valence-electron chi connectivity index (χ4n) is 2.66. The van der Waals surface area contributed by atoms with Crippen molar-refractivity contribution in [1.29, 1.82) is 0 Å². The lowest BCUT2D eigenvalue weighted by molar-refractivity contribution is -0.118. The van der Waals surface area contributed by atoms with Gasteiger partial charge in [-0.05, 0) is 30.2 Å². The smallest absolute Gasteiger partial charge is 0.262 e. The summed E-state index contributed by atoms with van der Waals surface area (Å²) < 4.78 is 1.61. The number of carbonyl (C=O) groups is 1. The molecule has 0 aliphatic rings. The first-order valence-electron chi connectivity index (χ1n) is 8.97. The normalized spacial score (nSPS) is 10.9. The minimum absolute atomic E-state index is 0.0521. The first-order valence-corrected chi connectivity index (χ1v) is 9.95. The Kier molecular flexibility index (Phi) is 6.59. The van der Waals surface area contributed by atoms with Crippen LogP contribution in [0, 0.1) is 0 Å². The summed E-state index contributed by atoms with van der Waals surface area (Å²) in [5, 5.41) is 3.99. The molecule has 6 nitrogen and oxygen atoms in total. The van der Waals surface area contributed by atoms with Crippen LogP contribution < -0.4 is 10.9 Å². The molecule has 0 bridgehead atoms. The largest absolute Gasteiger partial charge is 0.355 e. The maximum absolute atomic E-state index is 13.0. The summed E-state index contributed by atoms with van der Waals surface area (Å²) in [6.07, 6.45) is 5.41. The van der Waals surface area contributed by atoms with Gasteiger partial charge in [0.1, 0.15) is 0 Å². The van der Waals surface area contributed by atoms with Crippen molar-refractivity contribution in [3.63, 3.8) is 0 Å². The number of nitrogens with zero attached hydrogens (tertiary/aromatic N) is 3. The van der Waals surface area contributed by atoms with Gasteiger partial charge in [-0.15, -0.1) is 0 Å². The number of hydrogen-bond acceptors (Lipinski definition) is 5. The Morgan fingerprint density at radius 2 is 2.07 bits per heavy atom. The van der Waals surface area contributed by atoms with E-state index >= 15 is 0 Å². The standard InChI is InChI=1S/C20H22N4O2S/c1-2-3-11-22-18(25)14-27-20-23-17-9-5-4-8-16(17)19(26)24(20)13-15-7-6-10-21-12-15/h4-10,12H,2-3,11,13-14H2,1H3,(H,22,25). The van der Waals surface area contributed by atoms with E-state index < -0.39 is 0 Å². The number of aromatic nitrogens is 3. The minimum Gasteiger partial charge on any atom is -0.355 e. The zero-order valence-electron chi connectivity index (χ0n) is 15.2. The van der Waals surface area contributed by atoms with Gasteiger partial charge in [0.2, 0.25) is 5.91 Å². The van der Waals surface area contributed by atoms with Crippen LogP contribution >= 0.6 is 11.8 Å². The van der Waals surface area contributed by atoms with Crippen LogP contribution in [0.1, 0.15) is 25.3 Å². The van der Waals surface area contributed by atoms with Gasteiger partial charge < -0.3 is 5.32 Å². The topological polar surface area (TPSA) is 76.9 Å². The highest BCUT2D eigenvalue weighted by Gasteiger charge is 2.13. The zero-order chi connectivity index (χ0) is 19.1. The van der Waals surface area contributed by atoms with Gasteiger partial charge in [-0.2, -0.15) is 0 Å². The highest BCUT2D eigenvalue weighted by Crippen LogP contribution is 2.18. The quantitative estimate of drug-likeness (QED) is 0.368. The Morgan fingerprint density at radius 1 is 1.22 bits per heavy atom. The summed E-state index contributed by atoms with van der Waals surface area (Å²) in [6.45, 7) is 3.12. The molecule has 7 heteroatoms. The van der Waals surface area contributed by atoms with Crippen molar-refractivity contribution in [3.8, 4) is 0 Å². The van der Waals surface area contributed by atoms with Gasteiger partial charge in [0, 0.05) is 18.9 Å². The number of fused-ring (bicyclic) bond motifs is 1. The van der Waals surface area contributed by atoms with Crippen LogP contribution in [-0.4, -0.2) is 32.7 Å². The molecule has 2 aromatic heterocycles. The second kappa shape index (κ2) is 9.32. The highest BCUT2D eigenvalue weighted by molar-refractivity contribution is 7.99. The number of unbranched alkanes of at least 4 members (excludes halogenated alkanes) is 1. The van der Waals surface area contributed by atoms with E-state index in [2.05, 4.69) is 22.2 Å². The maximum Gasteiger partial charge on any atom is 0.262 e. The van der Waals surface area contributed by atoms with Crippen molar-refractivity contribution in [2.24, 2.45) is 0 Å². The Morgan fingerprint density at radius 3 is 2.85 bits per heavy atom. The third-order valence-electron chi connectivity index (χ3n) is 4.07. The number of nitrogens with one attached hydrogen (secondary N) is 1. The van der Waals surface area contributed by atoms with E-state index in [-0.39, 0.29) is 17.2 Å². The van der Waals surface area contributed by atoms with Gasteiger partial charge in [-0.25, -0.2) is 4.98 Å². The highest BCUT2D eigenvalue weighted by atomic mass is 32.2. The Balaban J connectivity index is 1.88. The molecule has 3 aromatic rings. The van der Waals surface area contributed by atoms with Gasteiger partial charge in [-0.1, -0.05) is 43.3 Å². The minimum atomic E-state index is -0.113. The van der Waals surface area contributed by atoms with Crippen LogP contribution in [0.4, 0.5) is 0 Å². The molecule has 140 valence electrons. The average molecular weight is 382 g/mol. The first-order chi connectivity index (χ1) is 13.2. The van der Waals surface area contributed by atoms with E-state index in [4.69, 9.17) is 0 Å². The van der Waals surface area contributed by atoms with Crippen LogP contribution in [0.25, 0.3) is 10.9 Å².